The SMILES string of the molecule is CC(=O)N(CC(=O)Nc1sc2c(c1C(N)=O)CCCC2)C1CCCCC1. The summed E-state index contributed by atoms with van der Waals surface area (Å²) in [6.07, 6.45) is 9.19. The molecule has 0 radical (unpaired) electrons. The molecule has 3 amide bonds. The van der Waals surface area contributed by atoms with Crippen molar-refractivity contribution in [2.24, 2.45) is 5.73 Å². The standard InChI is InChI=1S/C19H27N3O3S/c1-12(23)22(13-7-3-2-4-8-13)11-16(24)21-19-17(18(20)25)14-9-5-6-10-15(14)26-19/h13H,2-11H2,1H3,(H2,20,25)(H,21,24). The monoisotopic (exact) mass is 377 g/mol. The molecule has 1 fully saturated rings. The quantitative estimate of drug-likeness (QED) is 0.826. The van der Waals surface area contributed by atoms with Crippen molar-refractivity contribution in [1.82, 2.24) is 4.90 Å². The normalized spacial score (nSPS) is 17.4. The average Bonchev–Trinajstić information content (AvgIpc) is 2.98. The van der Waals surface area contributed by atoms with Crippen molar-refractivity contribution < 1.29 is 14.4 Å². The first kappa shape index (κ1) is 18.9. The smallest absolute Gasteiger partial charge is 0.251 e. The number of thiophene rings is 1. The van der Waals surface area contributed by atoms with E-state index in [1.54, 1.807) is 4.90 Å². The van der Waals surface area contributed by atoms with Crippen molar-refractivity contribution in [2.45, 2.75) is 70.8 Å². The van der Waals surface area contributed by atoms with Crippen LogP contribution in [0.3, 0.4) is 0 Å². The van der Waals surface area contributed by atoms with Crippen molar-refractivity contribution in [2.75, 3.05) is 11.9 Å². The number of carbonyl (C=O) groups excluding carboxylic acids is 3. The molecule has 1 heterocycles. The topological polar surface area (TPSA) is 92.5 Å². The number of hydrogen-bond acceptors (Lipinski definition) is 4. The van der Waals surface area contributed by atoms with Gasteiger partial charge in [0.25, 0.3) is 5.91 Å². The van der Waals surface area contributed by atoms with Gasteiger partial charge in [0, 0.05) is 17.8 Å². The van der Waals surface area contributed by atoms with E-state index < -0.39 is 5.91 Å². The van der Waals surface area contributed by atoms with Crippen LogP contribution in [-0.2, 0) is 22.4 Å². The highest BCUT2D eigenvalue weighted by Gasteiger charge is 2.28. The second kappa shape index (κ2) is 8.20. The van der Waals surface area contributed by atoms with Gasteiger partial charge in [-0.2, -0.15) is 0 Å². The average molecular weight is 378 g/mol. The fraction of sp³-hybridized carbons (Fsp3) is 0.632. The number of aryl methyl sites for hydroxylation is 1. The van der Waals surface area contributed by atoms with E-state index in [-0.39, 0.29) is 24.4 Å². The fourth-order valence-electron chi connectivity index (χ4n) is 4.13. The van der Waals surface area contributed by atoms with E-state index >= 15 is 0 Å². The van der Waals surface area contributed by atoms with Gasteiger partial charge >= 0.3 is 0 Å². The van der Waals surface area contributed by atoms with Crippen LogP contribution >= 0.6 is 11.3 Å². The Labute approximate surface area is 158 Å². The summed E-state index contributed by atoms with van der Waals surface area (Å²) >= 11 is 1.45. The lowest BCUT2D eigenvalue weighted by Crippen LogP contribution is -2.44. The third-order valence-electron chi connectivity index (χ3n) is 5.40. The number of anilines is 1. The number of amides is 3. The predicted molar refractivity (Wildman–Crippen MR) is 102 cm³/mol. The first-order valence-corrected chi connectivity index (χ1v) is 10.3. The molecule has 7 heteroatoms. The molecule has 1 saturated carbocycles. The molecule has 0 atom stereocenters. The van der Waals surface area contributed by atoms with Crippen molar-refractivity contribution >= 4 is 34.1 Å². The Morgan fingerprint density at radius 1 is 1.12 bits per heavy atom. The number of primary amides is 1. The van der Waals surface area contributed by atoms with Crippen molar-refractivity contribution in [3.8, 4) is 0 Å². The molecule has 0 spiro atoms. The van der Waals surface area contributed by atoms with Gasteiger partial charge in [-0.15, -0.1) is 11.3 Å². The Morgan fingerprint density at radius 3 is 2.46 bits per heavy atom. The third-order valence-corrected chi connectivity index (χ3v) is 6.61. The Kier molecular flexibility index (Phi) is 5.96. The molecule has 26 heavy (non-hydrogen) atoms. The molecule has 142 valence electrons. The van der Waals surface area contributed by atoms with E-state index in [1.807, 2.05) is 0 Å². The summed E-state index contributed by atoms with van der Waals surface area (Å²) in [4.78, 5) is 39.4. The lowest BCUT2D eigenvalue weighted by Gasteiger charge is -2.33. The number of hydrogen-bond donors (Lipinski definition) is 2. The van der Waals surface area contributed by atoms with E-state index in [2.05, 4.69) is 5.32 Å². The van der Waals surface area contributed by atoms with E-state index in [0.29, 0.717) is 10.6 Å². The maximum absolute atomic E-state index is 12.6. The van der Waals surface area contributed by atoms with E-state index in [1.165, 1.54) is 24.7 Å². The molecule has 1 aromatic heterocycles. The molecule has 0 aliphatic heterocycles. The van der Waals surface area contributed by atoms with Crippen molar-refractivity contribution in [3.63, 3.8) is 0 Å². The van der Waals surface area contributed by atoms with Gasteiger partial charge in [-0.1, -0.05) is 19.3 Å². The summed E-state index contributed by atoms with van der Waals surface area (Å²) in [7, 11) is 0. The maximum atomic E-state index is 12.6. The van der Waals surface area contributed by atoms with Crippen LogP contribution in [0, 0.1) is 0 Å². The Morgan fingerprint density at radius 2 is 1.81 bits per heavy atom. The van der Waals surface area contributed by atoms with Crippen molar-refractivity contribution in [1.29, 1.82) is 0 Å². The van der Waals surface area contributed by atoms with E-state index in [4.69, 9.17) is 5.73 Å². The van der Waals surface area contributed by atoms with Crippen molar-refractivity contribution in [3.05, 3.63) is 16.0 Å². The Bertz CT molecular complexity index is 707. The molecule has 0 unspecified atom stereocenters. The van der Waals surface area contributed by atoms with Gasteiger partial charge in [0.2, 0.25) is 11.8 Å². The summed E-state index contributed by atoms with van der Waals surface area (Å²) in [5, 5.41) is 3.40. The number of nitrogens with one attached hydrogen (secondary N) is 1. The number of nitrogens with zero attached hydrogens (tertiary/aromatic N) is 1. The number of rotatable bonds is 5. The number of carbonyl (C=O) groups is 3. The Hall–Kier alpha value is -1.89. The number of fused-ring (bicyclic) bond motifs is 1. The molecule has 2 aliphatic rings. The highest BCUT2D eigenvalue weighted by atomic mass is 32.1. The van der Waals surface area contributed by atoms with Crippen LogP contribution in [0.1, 0.15) is 72.7 Å². The lowest BCUT2D eigenvalue weighted by atomic mass is 9.94. The highest BCUT2D eigenvalue weighted by Crippen LogP contribution is 2.37. The first-order chi connectivity index (χ1) is 12.5. The minimum Gasteiger partial charge on any atom is -0.365 e. The summed E-state index contributed by atoms with van der Waals surface area (Å²) in [5.74, 6) is -0.824. The lowest BCUT2D eigenvalue weighted by molar-refractivity contribution is -0.135. The zero-order valence-electron chi connectivity index (χ0n) is 15.3. The summed E-state index contributed by atoms with van der Waals surface area (Å²) in [6, 6.07) is 0.138. The van der Waals surface area contributed by atoms with Gasteiger partial charge in [-0.25, -0.2) is 0 Å². The third kappa shape index (κ3) is 4.09. The summed E-state index contributed by atoms with van der Waals surface area (Å²) < 4.78 is 0. The summed E-state index contributed by atoms with van der Waals surface area (Å²) in [5.41, 5.74) is 7.04. The van der Waals surface area contributed by atoms with Gasteiger partial charge in [0.1, 0.15) is 11.5 Å². The molecule has 3 N–H and O–H groups in total. The largest absolute Gasteiger partial charge is 0.365 e. The van der Waals surface area contributed by atoms with Crippen LogP contribution in [-0.4, -0.2) is 35.2 Å². The molecule has 6 nitrogen and oxygen atoms in total. The highest BCUT2D eigenvalue weighted by molar-refractivity contribution is 7.17. The van der Waals surface area contributed by atoms with Gasteiger partial charge in [0.05, 0.1) is 5.56 Å². The zero-order valence-corrected chi connectivity index (χ0v) is 16.1. The minimum absolute atomic E-state index is 0.0285. The molecule has 0 saturated heterocycles. The molecule has 0 aromatic carbocycles. The van der Waals surface area contributed by atoms with Crippen LogP contribution in [0.25, 0.3) is 0 Å². The molecular weight excluding hydrogens is 350 g/mol. The van der Waals surface area contributed by atoms with Crippen LogP contribution < -0.4 is 11.1 Å². The minimum atomic E-state index is -0.490. The van der Waals surface area contributed by atoms with Gasteiger partial charge in [-0.3, -0.25) is 14.4 Å². The molecule has 0 bridgehead atoms. The summed E-state index contributed by atoms with van der Waals surface area (Å²) in [6.45, 7) is 1.54. The molecular formula is C19H27N3O3S. The predicted octanol–water partition coefficient (Wildman–Crippen LogP) is 2.85. The molecule has 2 aliphatic carbocycles. The number of nitrogens with two attached hydrogens (primary N) is 1. The van der Waals surface area contributed by atoms with E-state index in [9.17, 15) is 14.4 Å². The van der Waals surface area contributed by atoms with Gasteiger partial charge in [-0.05, 0) is 44.1 Å². The second-order valence-corrected chi connectivity index (χ2v) is 8.37. The fourth-order valence-corrected chi connectivity index (χ4v) is 5.44. The Balaban J connectivity index is 1.73. The second-order valence-electron chi connectivity index (χ2n) is 7.27. The van der Waals surface area contributed by atoms with Crippen LogP contribution in [0.5, 0.6) is 0 Å². The van der Waals surface area contributed by atoms with Crippen LogP contribution in [0.4, 0.5) is 5.00 Å². The molecule has 1 aromatic rings. The molecule has 3 rings (SSSR count). The first-order valence-electron chi connectivity index (χ1n) is 9.48. The van der Waals surface area contributed by atoms with Gasteiger partial charge in [0.15, 0.2) is 0 Å². The van der Waals surface area contributed by atoms with Gasteiger partial charge < -0.3 is 16.0 Å². The van der Waals surface area contributed by atoms with Crippen LogP contribution in [0.15, 0.2) is 0 Å². The van der Waals surface area contributed by atoms with E-state index in [0.717, 1.165) is 61.8 Å². The maximum Gasteiger partial charge on any atom is 0.251 e. The van der Waals surface area contributed by atoms with Crippen LogP contribution in [0.2, 0.25) is 0 Å². The zero-order chi connectivity index (χ0) is 18.7.